The molecule has 0 aliphatic rings. The fourth-order valence-corrected chi connectivity index (χ4v) is 4.72. The minimum atomic E-state index is -1.52. The summed E-state index contributed by atoms with van der Waals surface area (Å²) in [5.41, 5.74) is 1.47. The lowest BCUT2D eigenvalue weighted by Crippen LogP contribution is -2.25. The molecule has 0 heterocycles. The number of amides is 1. The highest BCUT2D eigenvalue weighted by Crippen LogP contribution is 2.42. The zero-order valence-corrected chi connectivity index (χ0v) is 22.5. The molecule has 3 rings (SSSR count). The van der Waals surface area contributed by atoms with Crippen LogP contribution in [0.4, 0.5) is 0 Å². The zero-order valence-electron chi connectivity index (χ0n) is 18.3. The van der Waals surface area contributed by atoms with Gasteiger partial charge >= 0.3 is 14.4 Å². The van der Waals surface area contributed by atoms with Crippen molar-refractivity contribution in [1.82, 2.24) is 5.32 Å². The lowest BCUT2D eigenvalue weighted by Gasteiger charge is -2.15. The fraction of sp³-hybridized carbons (Fsp3) is 0.167. The van der Waals surface area contributed by atoms with Crippen molar-refractivity contribution < 1.29 is 34.2 Å². The lowest BCUT2D eigenvalue weighted by molar-refractivity contribution is 0.0696. The van der Waals surface area contributed by atoms with E-state index in [1.54, 1.807) is 24.3 Å². The molecule has 0 aromatic heterocycles. The molecule has 0 aliphatic heterocycles. The molecule has 4 N–H and O–H groups in total. The Hall–Kier alpha value is -2.78. The average molecular weight is 626 g/mol. The maximum absolute atomic E-state index is 12.6. The molecule has 0 radical (unpaired) electrons. The van der Waals surface area contributed by atoms with Gasteiger partial charge in [0.2, 0.25) is 0 Å². The van der Waals surface area contributed by atoms with Crippen molar-refractivity contribution in [3.63, 3.8) is 0 Å². The number of phenols is 1. The van der Waals surface area contributed by atoms with E-state index < -0.39 is 25.7 Å². The molecule has 2 atom stereocenters. The van der Waals surface area contributed by atoms with E-state index in [0.717, 1.165) is 5.56 Å². The van der Waals surface area contributed by atoms with Crippen molar-refractivity contribution in [3.05, 3.63) is 85.8 Å². The SMILES string of the molecule is CC(O)([PH+]=O)c1cc(Br)c(Oc2ccc(O)c(C(=O)NCCc3ccc(C(=O)O)cc3)c2)c(Br)c1. The monoisotopic (exact) mass is 624 g/mol. The first kappa shape index (κ1) is 26.8. The topological polar surface area (TPSA) is 133 Å². The van der Waals surface area contributed by atoms with Crippen LogP contribution in [-0.4, -0.2) is 33.7 Å². The second-order valence-electron chi connectivity index (χ2n) is 7.73. The van der Waals surface area contributed by atoms with Gasteiger partial charge in [-0.3, -0.25) is 4.79 Å². The molecule has 0 saturated carbocycles. The Morgan fingerprint density at radius 3 is 2.26 bits per heavy atom. The number of halogens is 2. The summed E-state index contributed by atoms with van der Waals surface area (Å²) in [5, 5.41) is 30.6. The third-order valence-corrected chi connectivity index (χ3v) is 6.96. The Balaban J connectivity index is 1.71. The predicted molar refractivity (Wildman–Crippen MR) is 138 cm³/mol. The molecule has 11 heteroatoms. The number of carbonyl (C=O) groups excluding carboxylic acids is 1. The first-order valence-corrected chi connectivity index (χ1v) is 12.7. The quantitative estimate of drug-likeness (QED) is 0.229. The van der Waals surface area contributed by atoms with Gasteiger partial charge in [0, 0.05) is 19.0 Å². The Morgan fingerprint density at radius 1 is 1.06 bits per heavy atom. The van der Waals surface area contributed by atoms with Gasteiger partial charge in [-0.1, -0.05) is 16.7 Å². The van der Waals surface area contributed by atoms with Crippen LogP contribution in [0.3, 0.4) is 0 Å². The molecule has 8 nitrogen and oxygen atoms in total. The molecule has 0 saturated heterocycles. The molecular formula is C24H21Br2NO7P+. The minimum absolute atomic E-state index is 0.0167. The third-order valence-electron chi connectivity index (χ3n) is 5.09. The maximum Gasteiger partial charge on any atom is 0.364 e. The van der Waals surface area contributed by atoms with Crippen LogP contribution >= 0.6 is 40.3 Å². The van der Waals surface area contributed by atoms with Crippen LogP contribution in [0.25, 0.3) is 0 Å². The molecule has 1 amide bonds. The summed E-state index contributed by atoms with van der Waals surface area (Å²) >= 11 is 6.76. The first-order valence-electron chi connectivity index (χ1n) is 10.2. The molecule has 0 bridgehead atoms. The number of nitrogens with one attached hydrogen (secondary N) is 1. The number of carboxylic acids is 1. The number of hydrogen-bond acceptors (Lipinski definition) is 6. The maximum atomic E-state index is 12.6. The average Bonchev–Trinajstić information content (AvgIpc) is 2.82. The number of hydrogen-bond donors (Lipinski definition) is 4. The van der Waals surface area contributed by atoms with Crippen LogP contribution in [0, 0.1) is 0 Å². The van der Waals surface area contributed by atoms with E-state index in [2.05, 4.69) is 37.2 Å². The molecule has 0 spiro atoms. The normalized spacial score (nSPS) is 12.7. The van der Waals surface area contributed by atoms with Gasteiger partial charge in [-0.2, -0.15) is 0 Å². The van der Waals surface area contributed by atoms with Crippen LogP contribution in [0.2, 0.25) is 0 Å². The van der Waals surface area contributed by atoms with Gasteiger partial charge in [-0.25, -0.2) is 4.79 Å². The molecule has 0 aliphatic carbocycles. The highest BCUT2D eigenvalue weighted by Gasteiger charge is 2.33. The first-order chi connectivity index (χ1) is 16.5. The Kier molecular flexibility index (Phi) is 8.66. The molecule has 0 fully saturated rings. The predicted octanol–water partition coefficient (Wildman–Crippen LogP) is 5.57. The van der Waals surface area contributed by atoms with Gasteiger partial charge in [0.15, 0.2) is 5.75 Å². The summed E-state index contributed by atoms with van der Waals surface area (Å²) in [5.74, 6) is -1.09. The van der Waals surface area contributed by atoms with E-state index in [0.29, 0.717) is 26.7 Å². The Morgan fingerprint density at radius 2 is 1.69 bits per heavy atom. The number of aromatic hydroxyl groups is 1. The second kappa shape index (κ2) is 11.3. The van der Waals surface area contributed by atoms with E-state index in [1.165, 1.54) is 37.3 Å². The van der Waals surface area contributed by atoms with Crippen molar-refractivity contribution in [2.24, 2.45) is 0 Å². The molecule has 3 aromatic carbocycles. The van der Waals surface area contributed by atoms with Gasteiger partial charge < -0.3 is 25.4 Å². The van der Waals surface area contributed by atoms with Crippen LogP contribution in [0.15, 0.2) is 63.5 Å². The zero-order chi connectivity index (χ0) is 25.8. The van der Waals surface area contributed by atoms with Crippen LogP contribution < -0.4 is 10.1 Å². The molecule has 3 aromatic rings. The standard InChI is InChI=1S/C24H20Br2NO7P/c1-24(32,35-33)15-10-18(25)21(19(26)11-15)34-16-6-7-20(28)17(12-16)22(29)27-9-8-13-2-4-14(5-3-13)23(30)31/h2-7,10-12,28,32H,8-9H2,1H3,(H,27,29)(H,30,31)/p+1. The summed E-state index contributed by atoms with van der Waals surface area (Å²) in [6, 6.07) is 13.8. The van der Waals surface area contributed by atoms with E-state index in [-0.39, 0.29) is 29.2 Å². The van der Waals surface area contributed by atoms with E-state index in [9.17, 15) is 24.4 Å². The summed E-state index contributed by atoms with van der Waals surface area (Å²) in [6.45, 7) is 1.71. The number of ether oxygens (including phenoxy) is 1. The van der Waals surface area contributed by atoms with Crippen molar-refractivity contribution in [1.29, 1.82) is 0 Å². The smallest absolute Gasteiger partial charge is 0.364 e. The number of aromatic carboxylic acids is 1. The molecule has 35 heavy (non-hydrogen) atoms. The molecular weight excluding hydrogens is 605 g/mol. The third kappa shape index (κ3) is 6.67. The van der Waals surface area contributed by atoms with Gasteiger partial charge in [-0.15, -0.1) is 0 Å². The molecule has 2 unspecified atom stereocenters. The largest absolute Gasteiger partial charge is 0.507 e. The van der Waals surface area contributed by atoms with Crippen LogP contribution in [0.1, 0.15) is 38.8 Å². The van der Waals surface area contributed by atoms with E-state index in [1.807, 2.05) is 0 Å². The molecule has 182 valence electrons. The van der Waals surface area contributed by atoms with E-state index >= 15 is 0 Å². The second-order valence-corrected chi connectivity index (χ2v) is 10.6. The number of aliphatic hydroxyl groups is 1. The summed E-state index contributed by atoms with van der Waals surface area (Å²) in [6.07, 6.45) is 0.475. The highest BCUT2D eigenvalue weighted by molar-refractivity contribution is 9.11. The van der Waals surface area contributed by atoms with Gasteiger partial charge in [0.25, 0.3) is 11.2 Å². The highest BCUT2D eigenvalue weighted by atomic mass is 79.9. The van der Waals surface area contributed by atoms with Crippen molar-refractivity contribution in [3.8, 4) is 17.2 Å². The summed E-state index contributed by atoms with van der Waals surface area (Å²) in [7, 11) is -0.966. The van der Waals surface area contributed by atoms with Crippen LogP contribution in [-0.2, 0) is 16.3 Å². The number of benzene rings is 3. The van der Waals surface area contributed by atoms with Gasteiger partial charge in [-0.05, 0) is 86.3 Å². The van der Waals surface area contributed by atoms with Crippen LogP contribution in [0.5, 0.6) is 17.2 Å². The summed E-state index contributed by atoms with van der Waals surface area (Å²) in [4.78, 5) is 23.6. The van der Waals surface area contributed by atoms with Crippen molar-refractivity contribution in [2.45, 2.75) is 18.7 Å². The number of carboxylic acid groups (broad SMARTS) is 1. The fourth-order valence-electron chi connectivity index (χ4n) is 3.11. The van der Waals surface area contributed by atoms with Gasteiger partial charge in [0.05, 0.1) is 20.1 Å². The lowest BCUT2D eigenvalue weighted by atomic mass is 10.1. The van der Waals surface area contributed by atoms with Crippen molar-refractivity contribution in [2.75, 3.05) is 6.54 Å². The van der Waals surface area contributed by atoms with Gasteiger partial charge in [0.1, 0.15) is 11.5 Å². The number of rotatable bonds is 9. The Bertz CT molecular complexity index is 1260. The Labute approximate surface area is 219 Å². The van der Waals surface area contributed by atoms with E-state index in [4.69, 9.17) is 9.84 Å². The number of carbonyl (C=O) groups is 2. The minimum Gasteiger partial charge on any atom is -0.507 e. The summed E-state index contributed by atoms with van der Waals surface area (Å²) < 4.78 is 18.2. The van der Waals surface area contributed by atoms with Crippen molar-refractivity contribution >= 4 is 52.2 Å². The number of phenolic OH excluding ortho intramolecular Hbond substituents is 1.